The van der Waals surface area contributed by atoms with Gasteiger partial charge in [-0.2, -0.15) is 5.26 Å². The fourth-order valence-corrected chi connectivity index (χ4v) is 6.24. The predicted octanol–water partition coefficient (Wildman–Crippen LogP) is 6.47. The highest BCUT2D eigenvalue weighted by Crippen LogP contribution is 2.42. The molecule has 0 spiro atoms. The Balaban J connectivity index is 1.26. The van der Waals surface area contributed by atoms with E-state index < -0.39 is 18.0 Å². The number of carbonyl (C=O) groups excluding carboxylic acids is 2. The molecule has 0 fully saturated rings. The fourth-order valence-electron chi connectivity index (χ4n) is 4.96. The number of ether oxygens (including phenoxy) is 1. The van der Waals surface area contributed by atoms with E-state index in [1.165, 1.54) is 16.9 Å². The first kappa shape index (κ1) is 26.4. The van der Waals surface area contributed by atoms with E-state index in [1.54, 1.807) is 31.2 Å². The zero-order valence-corrected chi connectivity index (χ0v) is 23.0. The standard InChI is InChI=1S/C31H30N4O3S/c1-4-26(38-31(37)22-12-10-21(11-13-22)28-33-18(2)19(3)34-28)29(36)35-30-25(17-32)24-15-14-23(16-27(24)39-30)20-8-6-5-7-9-20/h5-13,23,26H,4,14-16H2,1-3H3,(H,33,34)(H,35,36). The Morgan fingerprint density at radius 3 is 2.56 bits per heavy atom. The van der Waals surface area contributed by atoms with Gasteiger partial charge in [0, 0.05) is 16.1 Å². The number of imidazole rings is 1. The van der Waals surface area contributed by atoms with Gasteiger partial charge in [-0.25, -0.2) is 9.78 Å². The number of anilines is 1. The molecule has 198 valence electrons. The van der Waals surface area contributed by atoms with Crippen LogP contribution in [0.25, 0.3) is 11.4 Å². The second-order valence-electron chi connectivity index (χ2n) is 9.83. The molecule has 39 heavy (non-hydrogen) atoms. The lowest BCUT2D eigenvalue weighted by molar-refractivity contribution is -0.124. The Morgan fingerprint density at radius 2 is 1.92 bits per heavy atom. The third-order valence-corrected chi connectivity index (χ3v) is 8.49. The van der Waals surface area contributed by atoms with E-state index in [4.69, 9.17) is 4.74 Å². The number of aryl methyl sites for hydroxylation is 2. The number of hydrogen-bond acceptors (Lipinski definition) is 6. The van der Waals surface area contributed by atoms with Crippen molar-refractivity contribution in [1.82, 2.24) is 9.97 Å². The van der Waals surface area contributed by atoms with E-state index in [0.29, 0.717) is 28.5 Å². The van der Waals surface area contributed by atoms with Crippen molar-refractivity contribution in [2.24, 2.45) is 0 Å². The van der Waals surface area contributed by atoms with E-state index in [9.17, 15) is 14.9 Å². The number of esters is 1. The van der Waals surface area contributed by atoms with Crippen LogP contribution in [0.5, 0.6) is 0 Å². The number of H-pyrrole nitrogens is 1. The summed E-state index contributed by atoms with van der Waals surface area (Å²) >= 11 is 1.45. The second kappa shape index (κ2) is 11.3. The van der Waals surface area contributed by atoms with E-state index in [2.05, 4.69) is 33.5 Å². The van der Waals surface area contributed by atoms with Gasteiger partial charge in [0.2, 0.25) is 0 Å². The Hall–Kier alpha value is -4.22. The summed E-state index contributed by atoms with van der Waals surface area (Å²) in [5.74, 6) is 0.118. The van der Waals surface area contributed by atoms with Crippen molar-refractivity contribution in [3.8, 4) is 17.5 Å². The number of carbonyl (C=O) groups is 2. The van der Waals surface area contributed by atoms with Crippen LogP contribution in [0.15, 0.2) is 54.6 Å². The maximum absolute atomic E-state index is 13.1. The van der Waals surface area contributed by atoms with E-state index in [-0.39, 0.29) is 0 Å². The zero-order valence-electron chi connectivity index (χ0n) is 22.2. The van der Waals surface area contributed by atoms with Crippen molar-refractivity contribution in [3.63, 3.8) is 0 Å². The minimum atomic E-state index is -0.977. The van der Waals surface area contributed by atoms with Gasteiger partial charge in [-0.05, 0) is 68.7 Å². The third-order valence-electron chi connectivity index (χ3n) is 7.32. The van der Waals surface area contributed by atoms with Gasteiger partial charge in [-0.15, -0.1) is 11.3 Å². The van der Waals surface area contributed by atoms with Crippen LogP contribution in [-0.2, 0) is 22.4 Å². The van der Waals surface area contributed by atoms with Crippen LogP contribution in [-0.4, -0.2) is 27.9 Å². The number of aromatic amines is 1. The van der Waals surface area contributed by atoms with E-state index >= 15 is 0 Å². The molecule has 1 amide bonds. The molecule has 0 saturated carbocycles. The summed E-state index contributed by atoms with van der Waals surface area (Å²) < 4.78 is 5.59. The van der Waals surface area contributed by atoms with Gasteiger partial charge in [-0.1, -0.05) is 49.4 Å². The Bertz CT molecular complexity index is 1530. The number of nitrogens with zero attached hydrogens (tertiary/aromatic N) is 2. The second-order valence-corrected chi connectivity index (χ2v) is 10.9. The van der Waals surface area contributed by atoms with Gasteiger partial charge >= 0.3 is 5.97 Å². The summed E-state index contributed by atoms with van der Waals surface area (Å²) in [6.45, 7) is 5.68. The van der Waals surface area contributed by atoms with Crippen LogP contribution in [0.1, 0.15) is 69.0 Å². The summed E-state index contributed by atoms with van der Waals surface area (Å²) in [5.41, 5.74) is 5.96. The molecule has 0 saturated heterocycles. The number of fused-ring (bicyclic) bond motifs is 1. The summed E-state index contributed by atoms with van der Waals surface area (Å²) in [7, 11) is 0. The zero-order chi connectivity index (χ0) is 27.5. The molecule has 8 heteroatoms. The third kappa shape index (κ3) is 5.50. The van der Waals surface area contributed by atoms with Crippen molar-refractivity contribution in [2.75, 3.05) is 5.32 Å². The first-order chi connectivity index (χ1) is 18.9. The minimum absolute atomic E-state index is 0.309. The van der Waals surface area contributed by atoms with Crippen LogP contribution < -0.4 is 5.32 Å². The quantitative estimate of drug-likeness (QED) is 0.262. The van der Waals surface area contributed by atoms with Crippen molar-refractivity contribution >= 4 is 28.2 Å². The number of rotatable bonds is 7. The van der Waals surface area contributed by atoms with Gasteiger partial charge < -0.3 is 15.0 Å². The molecule has 2 N–H and O–H groups in total. The van der Waals surface area contributed by atoms with Crippen LogP contribution >= 0.6 is 11.3 Å². The molecule has 2 heterocycles. The van der Waals surface area contributed by atoms with Crippen LogP contribution in [0, 0.1) is 25.2 Å². The number of nitriles is 1. The maximum atomic E-state index is 13.1. The lowest BCUT2D eigenvalue weighted by Crippen LogP contribution is -2.32. The highest BCUT2D eigenvalue weighted by atomic mass is 32.1. The molecule has 1 aliphatic carbocycles. The lowest BCUT2D eigenvalue weighted by Gasteiger charge is -2.22. The summed E-state index contributed by atoms with van der Waals surface area (Å²) in [6, 6.07) is 19.6. The molecule has 2 aromatic carbocycles. The summed E-state index contributed by atoms with van der Waals surface area (Å²) in [5, 5.41) is 13.3. The number of hydrogen-bond donors (Lipinski definition) is 2. The normalized spacial score (nSPS) is 15.2. The first-order valence-corrected chi connectivity index (χ1v) is 13.9. The molecule has 0 radical (unpaired) electrons. The Morgan fingerprint density at radius 1 is 1.18 bits per heavy atom. The average molecular weight is 539 g/mol. The summed E-state index contributed by atoms with van der Waals surface area (Å²) in [4.78, 5) is 34.9. The molecule has 2 unspecified atom stereocenters. The molecule has 1 aliphatic rings. The largest absolute Gasteiger partial charge is 0.449 e. The number of benzene rings is 2. The molecule has 0 aliphatic heterocycles. The predicted molar refractivity (Wildman–Crippen MR) is 152 cm³/mol. The number of thiophene rings is 1. The van der Waals surface area contributed by atoms with E-state index in [0.717, 1.165) is 52.5 Å². The average Bonchev–Trinajstić information content (AvgIpc) is 3.49. The van der Waals surface area contributed by atoms with Gasteiger partial charge in [0.15, 0.2) is 6.10 Å². The molecular formula is C31H30N4O3S. The molecule has 0 bridgehead atoms. The fraction of sp³-hybridized carbons (Fsp3) is 0.290. The summed E-state index contributed by atoms with van der Waals surface area (Å²) in [6.07, 6.45) is 1.93. The van der Waals surface area contributed by atoms with Crippen molar-refractivity contribution < 1.29 is 14.3 Å². The molecule has 5 rings (SSSR count). The van der Waals surface area contributed by atoms with Gasteiger partial charge in [0.25, 0.3) is 5.91 Å². The number of nitrogens with one attached hydrogen (secondary N) is 2. The lowest BCUT2D eigenvalue weighted by atomic mass is 9.83. The molecule has 7 nitrogen and oxygen atoms in total. The molecular weight excluding hydrogens is 508 g/mol. The van der Waals surface area contributed by atoms with Crippen LogP contribution in [0.2, 0.25) is 0 Å². The Kier molecular flexibility index (Phi) is 7.62. The minimum Gasteiger partial charge on any atom is -0.449 e. The topological polar surface area (TPSA) is 108 Å². The first-order valence-electron chi connectivity index (χ1n) is 13.1. The van der Waals surface area contributed by atoms with Crippen molar-refractivity contribution in [1.29, 1.82) is 5.26 Å². The number of aromatic nitrogens is 2. The van der Waals surface area contributed by atoms with E-state index in [1.807, 2.05) is 32.0 Å². The van der Waals surface area contributed by atoms with Crippen molar-refractivity contribution in [3.05, 3.63) is 93.1 Å². The highest BCUT2D eigenvalue weighted by molar-refractivity contribution is 7.16. The monoisotopic (exact) mass is 538 g/mol. The highest BCUT2D eigenvalue weighted by Gasteiger charge is 2.29. The Labute approximate surface area is 231 Å². The maximum Gasteiger partial charge on any atom is 0.338 e. The number of amides is 1. The molecule has 2 atom stereocenters. The SMILES string of the molecule is CCC(OC(=O)c1ccc(-c2nc(C)c(C)[nH]2)cc1)C(=O)Nc1sc2c(c1C#N)CCC(c1ccccc1)C2. The molecule has 2 aromatic heterocycles. The van der Waals surface area contributed by atoms with Crippen LogP contribution in [0.3, 0.4) is 0 Å². The van der Waals surface area contributed by atoms with Gasteiger partial charge in [0.05, 0.1) is 16.8 Å². The van der Waals surface area contributed by atoms with Crippen LogP contribution in [0.4, 0.5) is 5.00 Å². The van der Waals surface area contributed by atoms with Crippen molar-refractivity contribution in [2.45, 2.75) is 58.5 Å². The molecule has 4 aromatic rings. The van der Waals surface area contributed by atoms with Gasteiger partial charge in [-0.3, -0.25) is 4.79 Å². The smallest absolute Gasteiger partial charge is 0.338 e. The van der Waals surface area contributed by atoms with Gasteiger partial charge in [0.1, 0.15) is 16.9 Å².